The van der Waals surface area contributed by atoms with Crippen LogP contribution >= 0.6 is 0 Å². The molecule has 0 saturated carbocycles. The Morgan fingerprint density at radius 1 is 1.06 bits per heavy atom. The quantitative estimate of drug-likeness (QED) is 0.209. The van der Waals surface area contributed by atoms with Crippen molar-refractivity contribution in [1.29, 1.82) is 0 Å². The topological polar surface area (TPSA) is 96.8 Å². The van der Waals surface area contributed by atoms with Gasteiger partial charge in [-0.05, 0) is 53.9 Å². The number of benzene rings is 2. The molecule has 1 aliphatic rings. The minimum atomic E-state index is -0.916. The highest BCUT2D eigenvalue weighted by molar-refractivity contribution is 6.51. The molecule has 166 valence electrons. The molecular weight excluding hydrogens is 420 g/mol. The SMILES string of the molecule is CCc1ccc(N2C(=O)C(=O)/C(=C(\O)c3ccncc3)C2c2cccc(OC(C)=O)c2)cc1. The fourth-order valence-corrected chi connectivity index (χ4v) is 3.89. The first kappa shape index (κ1) is 22.0. The van der Waals surface area contributed by atoms with Crippen molar-refractivity contribution < 1.29 is 24.2 Å². The zero-order valence-corrected chi connectivity index (χ0v) is 18.2. The first-order valence-electron chi connectivity index (χ1n) is 10.5. The Bertz CT molecular complexity index is 1250. The number of carbonyl (C=O) groups is 3. The van der Waals surface area contributed by atoms with Crippen molar-refractivity contribution in [2.24, 2.45) is 0 Å². The maximum atomic E-state index is 13.2. The average molecular weight is 442 g/mol. The predicted octanol–water partition coefficient (Wildman–Crippen LogP) is 4.20. The summed E-state index contributed by atoms with van der Waals surface area (Å²) in [6.07, 6.45) is 3.81. The summed E-state index contributed by atoms with van der Waals surface area (Å²) in [5.74, 6) is -2.07. The van der Waals surface area contributed by atoms with Crippen molar-refractivity contribution in [3.8, 4) is 5.75 Å². The molecule has 1 aromatic heterocycles. The molecule has 0 aliphatic carbocycles. The van der Waals surface area contributed by atoms with E-state index in [4.69, 9.17) is 4.74 Å². The highest BCUT2D eigenvalue weighted by Gasteiger charge is 2.47. The fraction of sp³-hybridized carbons (Fsp3) is 0.154. The first-order chi connectivity index (χ1) is 15.9. The van der Waals surface area contributed by atoms with Crippen LogP contribution in [0, 0.1) is 0 Å². The van der Waals surface area contributed by atoms with Gasteiger partial charge in [-0.1, -0.05) is 31.2 Å². The van der Waals surface area contributed by atoms with Gasteiger partial charge in [0.25, 0.3) is 11.7 Å². The number of nitrogens with zero attached hydrogens (tertiary/aromatic N) is 2. The number of rotatable bonds is 5. The van der Waals surface area contributed by atoms with Crippen molar-refractivity contribution in [3.05, 3.63) is 95.3 Å². The summed E-state index contributed by atoms with van der Waals surface area (Å²) in [5.41, 5.74) is 2.44. The Balaban J connectivity index is 1.92. The van der Waals surface area contributed by atoms with E-state index in [0.717, 1.165) is 12.0 Å². The fourth-order valence-electron chi connectivity index (χ4n) is 3.89. The summed E-state index contributed by atoms with van der Waals surface area (Å²) >= 11 is 0. The third kappa shape index (κ3) is 4.25. The number of aryl methyl sites for hydroxylation is 1. The molecule has 1 unspecified atom stereocenters. The van der Waals surface area contributed by atoms with Crippen LogP contribution < -0.4 is 9.64 Å². The molecule has 1 amide bonds. The number of hydrogen-bond acceptors (Lipinski definition) is 6. The maximum absolute atomic E-state index is 13.2. The minimum Gasteiger partial charge on any atom is -0.507 e. The lowest BCUT2D eigenvalue weighted by atomic mass is 9.95. The average Bonchev–Trinajstić information content (AvgIpc) is 3.09. The molecule has 33 heavy (non-hydrogen) atoms. The lowest BCUT2D eigenvalue weighted by Gasteiger charge is -2.26. The van der Waals surface area contributed by atoms with Crippen LogP contribution in [0.5, 0.6) is 5.75 Å². The van der Waals surface area contributed by atoms with Gasteiger partial charge < -0.3 is 9.84 Å². The summed E-state index contributed by atoms with van der Waals surface area (Å²) in [6.45, 7) is 3.31. The second-order valence-corrected chi connectivity index (χ2v) is 7.59. The summed E-state index contributed by atoms with van der Waals surface area (Å²) in [7, 11) is 0. The van der Waals surface area contributed by atoms with Crippen LogP contribution in [0.15, 0.2) is 78.6 Å². The molecule has 0 bridgehead atoms. The van der Waals surface area contributed by atoms with E-state index in [0.29, 0.717) is 16.8 Å². The Morgan fingerprint density at radius 3 is 2.39 bits per heavy atom. The number of hydrogen-bond donors (Lipinski definition) is 1. The molecule has 4 rings (SSSR count). The number of aliphatic hydroxyl groups is 1. The molecule has 1 saturated heterocycles. The molecule has 1 N–H and O–H groups in total. The Kier molecular flexibility index (Phi) is 6.04. The first-order valence-corrected chi connectivity index (χ1v) is 10.5. The second-order valence-electron chi connectivity index (χ2n) is 7.59. The number of esters is 1. The molecule has 2 heterocycles. The minimum absolute atomic E-state index is 0.0502. The summed E-state index contributed by atoms with van der Waals surface area (Å²) in [6, 6.07) is 16.1. The molecule has 3 aromatic rings. The van der Waals surface area contributed by atoms with Gasteiger partial charge in [0.05, 0.1) is 11.6 Å². The molecule has 0 radical (unpaired) electrons. The zero-order chi connectivity index (χ0) is 23.5. The van der Waals surface area contributed by atoms with Gasteiger partial charge in [0, 0.05) is 30.6 Å². The van der Waals surface area contributed by atoms with E-state index in [1.54, 1.807) is 48.5 Å². The molecule has 1 aliphatic heterocycles. The van der Waals surface area contributed by atoms with E-state index in [1.807, 2.05) is 19.1 Å². The van der Waals surface area contributed by atoms with E-state index >= 15 is 0 Å². The lowest BCUT2D eigenvalue weighted by Crippen LogP contribution is -2.29. The highest BCUT2D eigenvalue weighted by Crippen LogP contribution is 2.42. The van der Waals surface area contributed by atoms with Crippen molar-refractivity contribution >= 4 is 29.1 Å². The Labute approximate surface area is 191 Å². The predicted molar refractivity (Wildman–Crippen MR) is 123 cm³/mol. The normalized spacial score (nSPS) is 17.3. The van der Waals surface area contributed by atoms with Crippen LogP contribution in [-0.2, 0) is 20.8 Å². The van der Waals surface area contributed by atoms with E-state index in [-0.39, 0.29) is 17.1 Å². The largest absolute Gasteiger partial charge is 0.507 e. The van der Waals surface area contributed by atoms with Crippen LogP contribution in [0.3, 0.4) is 0 Å². The molecular formula is C26H22N2O5. The highest BCUT2D eigenvalue weighted by atomic mass is 16.5. The van der Waals surface area contributed by atoms with Crippen LogP contribution in [0.1, 0.15) is 36.6 Å². The van der Waals surface area contributed by atoms with Crippen LogP contribution in [0.4, 0.5) is 5.69 Å². The summed E-state index contributed by atoms with van der Waals surface area (Å²) in [5, 5.41) is 11.1. The van der Waals surface area contributed by atoms with Gasteiger partial charge in [0.15, 0.2) is 0 Å². The zero-order valence-electron chi connectivity index (χ0n) is 18.2. The van der Waals surface area contributed by atoms with Crippen molar-refractivity contribution in [1.82, 2.24) is 4.98 Å². The maximum Gasteiger partial charge on any atom is 0.308 e. The number of pyridine rings is 1. The van der Waals surface area contributed by atoms with E-state index in [1.165, 1.54) is 24.2 Å². The molecule has 1 fully saturated rings. The van der Waals surface area contributed by atoms with E-state index in [2.05, 4.69) is 4.98 Å². The van der Waals surface area contributed by atoms with Crippen molar-refractivity contribution in [2.75, 3.05) is 4.90 Å². The molecule has 1 atom stereocenters. The Morgan fingerprint density at radius 2 is 1.76 bits per heavy atom. The number of aromatic nitrogens is 1. The number of amides is 1. The number of Topliss-reactive ketones (excluding diaryl/α,β-unsaturated/α-hetero) is 1. The molecule has 7 heteroatoms. The van der Waals surface area contributed by atoms with Crippen molar-refractivity contribution in [2.45, 2.75) is 26.3 Å². The van der Waals surface area contributed by atoms with Gasteiger partial charge in [-0.15, -0.1) is 0 Å². The third-order valence-corrected chi connectivity index (χ3v) is 5.46. The number of anilines is 1. The number of ether oxygens (including phenoxy) is 1. The van der Waals surface area contributed by atoms with E-state index in [9.17, 15) is 19.5 Å². The third-order valence-electron chi connectivity index (χ3n) is 5.46. The van der Waals surface area contributed by atoms with Crippen LogP contribution in [-0.4, -0.2) is 27.8 Å². The second kappa shape index (κ2) is 9.08. The number of ketones is 1. The van der Waals surface area contributed by atoms with Gasteiger partial charge in [0.2, 0.25) is 0 Å². The standard InChI is InChI=1S/C26H22N2O5/c1-3-17-7-9-20(10-8-17)28-23(19-5-4-6-21(15-19)33-16(2)29)22(25(31)26(28)32)24(30)18-11-13-27-14-12-18/h4-15,23,30H,3H2,1-2H3/b24-22-. The van der Waals surface area contributed by atoms with Gasteiger partial charge in [-0.25, -0.2) is 0 Å². The summed E-state index contributed by atoms with van der Waals surface area (Å²) in [4.78, 5) is 43.1. The lowest BCUT2D eigenvalue weighted by molar-refractivity contribution is -0.132. The van der Waals surface area contributed by atoms with E-state index < -0.39 is 23.7 Å². The monoisotopic (exact) mass is 442 g/mol. The molecule has 0 spiro atoms. The molecule has 2 aromatic carbocycles. The van der Waals surface area contributed by atoms with Gasteiger partial charge in [0.1, 0.15) is 11.5 Å². The van der Waals surface area contributed by atoms with Crippen molar-refractivity contribution in [3.63, 3.8) is 0 Å². The van der Waals surface area contributed by atoms with Crippen LogP contribution in [0.25, 0.3) is 5.76 Å². The number of aliphatic hydroxyl groups excluding tert-OH is 1. The number of carbonyl (C=O) groups excluding carboxylic acids is 3. The van der Waals surface area contributed by atoms with Gasteiger partial charge in [-0.3, -0.25) is 24.3 Å². The molecule has 7 nitrogen and oxygen atoms in total. The smallest absolute Gasteiger partial charge is 0.308 e. The van der Waals surface area contributed by atoms with Crippen LogP contribution in [0.2, 0.25) is 0 Å². The Hall–Kier alpha value is -4.26. The van der Waals surface area contributed by atoms with Gasteiger partial charge >= 0.3 is 5.97 Å². The van der Waals surface area contributed by atoms with Gasteiger partial charge in [-0.2, -0.15) is 0 Å². The summed E-state index contributed by atoms with van der Waals surface area (Å²) < 4.78 is 5.21.